The second kappa shape index (κ2) is 4.81. The maximum absolute atomic E-state index is 12.3. The van der Waals surface area contributed by atoms with Gasteiger partial charge in [-0.05, 0) is 38.5 Å². The summed E-state index contributed by atoms with van der Waals surface area (Å²) in [5, 5.41) is 1.94. The summed E-state index contributed by atoms with van der Waals surface area (Å²) in [6.45, 7) is 5.71. The summed E-state index contributed by atoms with van der Waals surface area (Å²) in [4.78, 5) is 16.5. The fraction of sp³-hybridized carbons (Fsp3) is 0.158. The highest BCUT2D eigenvalue weighted by molar-refractivity contribution is 6.05. The minimum absolute atomic E-state index is 0.331. The Bertz CT molecular complexity index is 1100. The normalized spacial score (nSPS) is 11.4. The van der Waals surface area contributed by atoms with E-state index in [4.69, 9.17) is 8.83 Å². The van der Waals surface area contributed by atoms with Gasteiger partial charge in [0.15, 0.2) is 0 Å². The summed E-state index contributed by atoms with van der Waals surface area (Å²) in [6, 6.07) is 5.86. The predicted octanol–water partition coefficient (Wildman–Crippen LogP) is 4.53. The molecule has 3 heterocycles. The molecule has 0 spiro atoms. The minimum atomic E-state index is -0.331. The van der Waals surface area contributed by atoms with Crippen molar-refractivity contribution in [2.45, 2.75) is 20.8 Å². The fourth-order valence-electron chi connectivity index (χ4n) is 3.11. The summed E-state index contributed by atoms with van der Waals surface area (Å²) in [7, 11) is 0. The smallest absolute Gasteiger partial charge is 0.339 e. The van der Waals surface area contributed by atoms with Crippen molar-refractivity contribution in [3.05, 3.63) is 64.0 Å². The number of fused-ring (bicyclic) bond motifs is 2. The van der Waals surface area contributed by atoms with Crippen LogP contribution in [0.2, 0.25) is 0 Å². The standard InChI is InChI=1S/C19H15NO3/c1-10-9-22-17-12(3)18-15(7-14(10)17)16(11(2)19(21)23-18)13-5-4-6-20-8-13/h4-9H,1-3H3. The minimum Gasteiger partial charge on any atom is -0.464 e. The second-order valence-electron chi connectivity index (χ2n) is 5.80. The van der Waals surface area contributed by atoms with Crippen LogP contribution in [0, 0.1) is 20.8 Å². The van der Waals surface area contributed by atoms with Gasteiger partial charge in [-0.15, -0.1) is 0 Å². The average molecular weight is 305 g/mol. The lowest BCUT2D eigenvalue weighted by Gasteiger charge is -2.11. The number of rotatable bonds is 1. The number of aryl methyl sites for hydroxylation is 2. The molecule has 0 radical (unpaired) electrons. The van der Waals surface area contributed by atoms with Crippen molar-refractivity contribution in [2.24, 2.45) is 0 Å². The maximum atomic E-state index is 12.3. The third kappa shape index (κ3) is 1.91. The molecule has 0 bridgehead atoms. The molecule has 23 heavy (non-hydrogen) atoms. The molecule has 0 aliphatic carbocycles. The highest BCUT2D eigenvalue weighted by Gasteiger charge is 2.18. The lowest BCUT2D eigenvalue weighted by molar-refractivity contribution is 0.551. The van der Waals surface area contributed by atoms with Crippen LogP contribution in [0.25, 0.3) is 33.1 Å². The first-order valence-corrected chi connectivity index (χ1v) is 7.43. The molecule has 0 saturated carbocycles. The zero-order valence-electron chi connectivity index (χ0n) is 13.1. The third-order valence-electron chi connectivity index (χ3n) is 4.33. The van der Waals surface area contributed by atoms with Crippen molar-refractivity contribution in [3.63, 3.8) is 0 Å². The monoisotopic (exact) mass is 305 g/mol. The van der Waals surface area contributed by atoms with Gasteiger partial charge in [-0.2, -0.15) is 0 Å². The summed E-state index contributed by atoms with van der Waals surface area (Å²) >= 11 is 0. The van der Waals surface area contributed by atoms with E-state index in [0.717, 1.165) is 38.6 Å². The van der Waals surface area contributed by atoms with E-state index in [1.807, 2.05) is 32.0 Å². The zero-order chi connectivity index (χ0) is 16.1. The van der Waals surface area contributed by atoms with Crippen LogP contribution >= 0.6 is 0 Å². The Morgan fingerprint density at radius 2 is 1.87 bits per heavy atom. The van der Waals surface area contributed by atoms with Gasteiger partial charge in [-0.3, -0.25) is 4.98 Å². The molecule has 0 saturated heterocycles. The van der Waals surface area contributed by atoms with Gasteiger partial charge in [0.25, 0.3) is 0 Å². The van der Waals surface area contributed by atoms with E-state index in [2.05, 4.69) is 4.98 Å². The first-order valence-electron chi connectivity index (χ1n) is 7.43. The Labute approximate surface area is 132 Å². The largest absolute Gasteiger partial charge is 0.464 e. The molecular formula is C19H15NO3. The topological polar surface area (TPSA) is 56.2 Å². The van der Waals surface area contributed by atoms with E-state index >= 15 is 0 Å². The lowest BCUT2D eigenvalue weighted by atomic mass is 9.96. The van der Waals surface area contributed by atoms with Gasteiger partial charge < -0.3 is 8.83 Å². The van der Waals surface area contributed by atoms with Crippen LogP contribution in [0.4, 0.5) is 0 Å². The molecule has 4 aromatic rings. The maximum Gasteiger partial charge on any atom is 0.339 e. The summed E-state index contributed by atoms with van der Waals surface area (Å²) in [5.74, 6) is 0. The Hall–Kier alpha value is -2.88. The van der Waals surface area contributed by atoms with E-state index in [0.29, 0.717) is 11.1 Å². The molecule has 4 rings (SSSR count). The van der Waals surface area contributed by atoms with Crippen LogP contribution in [-0.2, 0) is 0 Å². The van der Waals surface area contributed by atoms with Crippen molar-refractivity contribution < 1.29 is 8.83 Å². The molecule has 0 fully saturated rings. The predicted molar refractivity (Wildman–Crippen MR) is 89.7 cm³/mol. The van der Waals surface area contributed by atoms with Crippen LogP contribution in [0.3, 0.4) is 0 Å². The number of benzene rings is 1. The Morgan fingerprint density at radius 3 is 2.61 bits per heavy atom. The van der Waals surface area contributed by atoms with E-state index in [1.165, 1.54) is 0 Å². The van der Waals surface area contributed by atoms with Crippen LogP contribution in [0.1, 0.15) is 16.7 Å². The first kappa shape index (κ1) is 13.8. The number of aromatic nitrogens is 1. The molecule has 0 aliphatic rings. The highest BCUT2D eigenvalue weighted by Crippen LogP contribution is 2.36. The van der Waals surface area contributed by atoms with E-state index in [9.17, 15) is 4.79 Å². The van der Waals surface area contributed by atoms with Crippen LogP contribution in [-0.4, -0.2) is 4.98 Å². The van der Waals surface area contributed by atoms with E-state index in [1.54, 1.807) is 25.6 Å². The van der Waals surface area contributed by atoms with Gasteiger partial charge in [0.1, 0.15) is 11.2 Å². The quantitative estimate of drug-likeness (QED) is 0.485. The molecule has 1 aromatic carbocycles. The SMILES string of the molecule is Cc1c(-c2cccnc2)c2cc3c(C)coc3c(C)c2oc1=O. The summed E-state index contributed by atoms with van der Waals surface area (Å²) in [5.41, 5.74) is 5.27. The first-order chi connectivity index (χ1) is 11.1. The molecule has 0 atom stereocenters. The number of hydrogen-bond donors (Lipinski definition) is 0. The molecular weight excluding hydrogens is 290 g/mol. The number of hydrogen-bond acceptors (Lipinski definition) is 4. The number of pyridine rings is 1. The van der Waals surface area contributed by atoms with Crippen molar-refractivity contribution in [3.8, 4) is 11.1 Å². The third-order valence-corrected chi connectivity index (χ3v) is 4.33. The molecule has 114 valence electrons. The van der Waals surface area contributed by atoms with Gasteiger partial charge in [0.05, 0.1) is 6.26 Å². The van der Waals surface area contributed by atoms with Gasteiger partial charge in [0.2, 0.25) is 0 Å². The molecule has 0 aliphatic heterocycles. The van der Waals surface area contributed by atoms with Crippen LogP contribution in [0.15, 0.2) is 50.5 Å². The van der Waals surface area contributed by atoms with Crippen molar-refractivity contribution in [1.82, 2.24) is 4.98 Å². The fourth-order valence-corrected chi connectivity index (χ4v) is 3.11. The second-order valence-corrected chi connectivity index (χ2v) is 5.80. The molecule has 4 nitrogen and oxygen atoms in total. The molecule has 4 heteroatoms. The van der Waals surface area contributed by atoms with E-state index < -0.39 is 0 Å². The molecule has 0 unspecified atom stereocenters. The Kier molecular flexibility index (Phi) is 2.88. The number of furan rings is 1. The van der Waals surface area contributed by atoms with Gasteiger partial charge in [-0.1, -0.05) is 6.07 Å². The zero-order valence-corrected chi connectivity index (χ0v) is 13.1. The van der Waals surface area contributed by atoms with Crippen LogP contribution in [0.5, 0.6) is 0 Å². The Balaban J connectivity index is 2.26. The summed E-state index contributed by atoms with van der Waals surface area (Å²) < 4.78 is 11.2. The lowest BCUT2D eigenvalue weighted by Crippen LogP contribution is -2.06. The average Bonchev–Trinajstić information content (AvgIpc) is 2.92. The van der Waals surface area contributed by atoms with Crippen LogP contribution < -0.4 is 5.63 Å². The van der Waals surface area contributed by atoms with Gasteiger partial charge in [0, 0.05) is 45.4 Å². The van der Waals surface area contributed by atoms with Gasteiger partial charge in [-0.25, -0.2) is 4.79 Å². The van der Waals surface area contributed by atoms with Crippen molar-refractivity contribution in [2.75, 3.05) is 0 Å². The van der Waals surface area contributed by atoms with Gasteiger partial charge >= 0.3 is 5.63 Å². The highest BCUT2D eigenvalue weighted by atomic mass is 16.4. The van der Waals surface area contributed by atoms with Crippen molar-refractivity contribution in [1.29, 1.82) is 0 Å². The molecule has 0 N–H and O–H groups in total. The Morgan fingerprint density at radius 1 is 1.04 bits per heavy atom. The molecule has 3 aromatic heterocycles. The van der Waals surface area contributed by atoms with Crippen molar-refractivity contribution >= 4 is 21.9 Å². The van der Waals surface area contributed by atoms with E-state index in [-0.39, 0.29) is 5.63 Å². The molecule has 0 amide bonds. The number of nitrogens with zero attached hydrogens (tertiary/aromatic N) is 1. The summed E-state index contributed by atoms with van der Waals surface area (Å²) in [6.07, 6.45) is 5.21.